The summed E-state index contributed by atoms with van der Waals surface area (Å²) in [5.74, 6) is 1.47. The van der Waals surface area contributed by atoms with Gasteiger partial charge in [-0.3, -0.25) is 4.79 Å². The van der Waals surface area contributed by atoms with Crippen molar-refractivity contribution in [2.45, 2.75) is 19.8 Å². The fourth-order valence-electron chi connectivity index (χ4n) is 1.51. The Balaban J connectivity index is 1.68. The maximum Gasteiger partial charge on any atom is 0.226 e. The zero-order chi connectivity index (χ0) is 12.8. The number of amides is 1. The van der Waals surface area contributed by atoms with Gasteiger partial charge in [0.05, 0.1) is 6.61 Å². The van der Waals surface area contributed by atoms with Crippen LogP contribution in [0.3, 0.4) is 0 Å². The van der Waals surface area contributed by atoms with Gasteiger partial charge in [-0.2, -0.15) is 4.98 Å². The van der Waals surface area contributed by atoms with Crippen molar-refractivity contribution >= 4 is 11.9 Å². The molecule has 2 rings (SSSR count). The Morgan fingerprint density at radius 3 is 3.06 bits per heavy atom. The number of aromatic nitrogens is 2. The molecule has 6 nitrogen and oxygen atoms in total. The first-order valence-corrected chi connectivity index (χ1v) is 6.27. The topological polar surface area (TPSA) is 76.1 Å². The van der Waals surface area contributed by atoms with Crippen LogP contribution in [-0.4, -0.2) is 35.6 Å². The number of carbonyl (C=O) groups is 1. The number of rotatable bonds is 7. The van der Waals surface area contributed by atoms with Gasteiger partial charge in [0.15, 0.2) is 0 Å². The van der Waals surface area contributed by atoms with E-state index in [0.29, 0.717) is 31.5 Å². The van der Waals surface area contributed by atoms with Crippen LogP contribution < -0.4 is 15.4 Å². The highest BCUT2D eigenvalue weighted by molar-refractivity contribution is 5.80. The molecule has 1 amide bonds. The average molecular weight is 250 g/mol. The lowest BCUT2D eigenvalue weighted by atomic mass is 10.4. The summed E-state index contributed by atoms with van der Waals surface area (Å²) in [7, 11) is 0. The molecule has 0 saturated heterocycles. The lowest BCUT2D eigenvalue weighted by molar-refractivity contribution is -0.122. The molecule has 1 saturated carbocycles. The van der Waals surface area contributed by atoms with Gasteiger partial charge in [-0.05, 0) is 19.8 Å². The summed E-state index contributed by atoms with van der Waals surface area (Å²) in [6.07, 6.45) is 3.70. The number of hydrogen-bond acceptors (Lipinski definition) is 5. The Labute approximate surface area is 106 Å². The number of hydrogen-bond donors (Lipinski definition) is 2. The molecule has 18 heavy (non-hydrogen) atoms. The van der Waals surface area contributed by atoms with Gasteiger partial charge in [-0.1, -0.05) is 0 Å². The summed E-state index contributed by atoms with van der Waals surface area (Å²) in [6, 6.07) is 1.71. The number of ether oxygens (including phenoxy) is 1. The molecule has 98 valence electrons. The third kappa shape index (κ3) is 3.87. The molecule has 1 aromatic rings. The zero-order valence-corrected chi connectivity index (χ0v) is 10.5. The van der Waals surface area contributed by atoms with E-state index in [4.69, 9.17) is 4.74 Å². The van der Waals surface area contributed by atoms with Gasteiger partial charge >= 0.3 is 0 Å². The van der Waals surface area contributed by atoms with E-state index in [2.05, 4.69) is 20.6 Å². The van der Waals surface area contributed by atoms with E-state index >= 15 is 0 Å². The standard InChI is InChI=1S/C12H18N4O2/c1-2-18-10-5-6-14-12(16-10)15-8-7-13-11(17)9-3-4-9/h5-6,9H,2-4,7-8H2,1H3,(H,13,17)(H,14,15,16). The molecule has 0 unspecified atom stereocenters. The van der Waals surface area contributed by atoms with Gasteiger partial charge in [-0.15, -0.1) is 0 Å². The predicted octanol–water partition coefficient (Wildman–Crippen LogP) is 0.813. The van der Waals surface area contributed by atoms with Gasteiger partial charge in [0.1, 0.15) is 0 Å². The normalized spacial score (nSPS) is 14.1. The molecule has 0 spiro atoms. The smallest absolute Gasteiger partial charge is 0.226 e. The summed E-state index contributed by atoms with van der Waals surface area (Å²) >= 11 is 0. The highest BCUT2D eigenvalue weighted by atomic mass is 16.5. The Morgan fingerprint density at radius 2 is 2.33 bits per heavy atom. The van der Waals surface area contributed by atoms with Gasteiger partial charge in [-0.25, -0.2) is 4.98 Å². The van der Waals surface area contributed by atoms with Crippen molar-refractivity contribution in [2.75, 3.05) is 25.0 Å². The monoisotopic (exact) mass is 250 g/mol. The van der Waals surface area contributed by atoms with Crippen LogP contribution in [0.1, 0.15) is 19.8 Å². The predicted molar refractivity (Wildman–Crippen MR) is 67.4 cm³/mol. The van der Waals surface area contributed by atoms with E-state index in [1.807, 2.05) is 6.92 Å². The van der Waals surface area contributed by atoms with E-state index in [9.17, 15) is 4.79 Å². The molecular formula is C12H18N4O2. The molecule has 0 atom stereocenters. The number of nitrogens with one attached hydrogen (secondary N) is 2. The molecule has 1 aromatic heterocycles. The molecule has 0 aromatic carbocycles. The van der Waals surface area contributed by atoms with Crippen molar-refractivity contribution < 1.29 is 9.53 Å². The highest BCUT2D eigenvalue weighted by Crippen LogP contribution is 2.28. The van der Waals surface area contributed by atoms with Crippen molar-refractivity contribution in [3.63, 3.8) is 0 Å². The Hall–Kier alpha value is -1.85. The van der Waals surface area contributed by atoms with E-state index in [1.54, 1.807) is 12.3 Å². The molecule has 1 fully saturated rings. The summed E-state index contributed by atoms with van der Waals surface area (Å²) in [5.41, 5.74) is 0. The summed E-state index contributed by atoms with van der Waals surface area (Å²) < 4.78 is 5.27. The summed E-state index contributed by atoms with van der Waals surface area (Å²) in [4.78, 5) is 19.6. The van der Waals surface area contributed by atoms with Gasteiger partial charge in [0.2, 0.25) is 17.7 Å². The lowest BCUT2D eigenvalue weighted by Crippen LogP contribution is -2.30. The van der Waals surface area contributed by atoms with Crippen molar-refractivity contribution in [2.24, 2.45) is 5.92 Å². The second-order valence-corrected chi connectivity index (χ2v) is 4.14. The lowest BCUT2D eigenvalue weighted by Gasteiger charge is -2.07. The quantitative estimate of drug-likeness (QED) is 0.700. The molecular weight excluding hydrogens is 232 g/mol. The maximum atomic E-state index is 11.4. The first-order chi connectivity index (χ1) is 8.79. The SMILES string of the molecule is CCOc1ccnc(NCCNC(=O)C2CC2)n1. The number of anilines is 1. The van der Waals surface area contributed by atoms with Gasteiger partial charge in [0, 0.05) is 31.3 Å². The molecule has 1 aliphatic carbocycles. The van der Waals surface area contributed by atoms with Crippen molar-refractivity contribution in [1.29, 1.82) is 0 Å². The van der Waals surface area contributed by atoms with E-state index < -0.39 is 0 Å². The molecule has 0 radical (unpaired) electrons. The minimum Gasteiger partial charge on any atom is -0.478 e. The zero-order valence-electron chi connectivity index (χ0n) is 10.5. The summed E-state index contributed by atoms with van der Waals surface area (Å²) in [5, 5.41) is 5.91. The van der Waals surface area contributed by atoms with Crippen LogP contribution in [0.4, 0.5) is 5.95 Å². The molecule has 6 heteroatoms. The fraction of sp³-hybridized carbons (Fsp3) is 0.583. The van der Waals surface area contributed by atoms with E-state index in [0.717, 1.165) is 12.8 Å². The van der Waals surface area contributed by atoms with Crippen molar-refractivity contribution in [3.8, 4) is 5.88 Å². The fourth-order valence-corrected chi connectivity index (χ4v) is 1.51. The van der Waals surface area contributed by atoms with Gasteiger partial charge in [0.25, 0.3) is 0 Å². The molecule has 0 bridgehead atoms. The Bertz CT molecular complexity index is 407. The van der Waals surface area contributed by atoms with Crippen LogP contribution in [0.5, 0.6) is 5.88 Å². The number of carbonyl (C=O) groups excluding carboxylic acids is 1. The largest absolute Gasteiger partial charge is 0.478 e. The second-order valence-electron chi connectivity index (χ2n) is 4.14. The van der Waals surface area contributed by atoms with E-state index in [1.165, 1.54) is 0 Å². The second kappa shape index (κ2) is 6.18. The third-order valence-electron chi connectivity index (χ3n) is 2.58. The summed E-state index contributed by atoms with van der Waals surface area (Å²) in [6.45, 7) is 3.67. The van der Waals surface area contributed by atoms with Crippen LogP contribution in [0, 0.1) is 5.92 Å². The first-order valence-electron chi connectivity index (χ1n) is 6.27. The van der Waals surface area contributed by atoms with E-state index in [-0.39, 0.29) is 11.8 Å². The first kappa shape index (κ1) is 12.6. The molecule has 2 N–H and O–H groups in total. The van der Waals surface area contributed by atoms with Crippen molar-refractivity contribution in [3.05, 3.63) is 12.3 Å². The van der Waals surface area contributed by atoms with Crippen LogP contribution in [0.25, 0.3) is 0 Å². The van der Waals surface area contributed by atoms with Gasteiger partial charge < -0.3 is 15.4 Å². The van der Waals surface area contributed by atoms with Crippen LogP contribution in [-0.2, 0) is 4.79 Å². The maximum absolute atomic E-state index is 11.4. The Morgan fingerprint density at radius 1 is 1.50 bits per heavy atom. The molecule has 0 aliphatic heterocycles. The van der Waals surface area contributed by atoms with Crippen LogP contribution in [0.15, 0.2) is 12.3 Å². The highest BCUT2D eigenvalue weighted by Gasteiger charge is 2.28. The van der Waals surface area contributed by atoms with Crippen LogP contribution in [0.2, 0.25) is 0 Å². The van der Waals surface area contributed by atoms with Crippen molar-refractivity contribution in [1.82, 2.24) is 15.3 Å². The molecule has 1 aliphatic rings. The van der Waals surface area contributed by atoms with Crippen LogP contribution >= 0.6 is 0 Å². The average Bonchev–Trinajstić information content (AvgIpc) is 3.19. The molecule has 1 heterocycles. The number of nitrogens with zero attached hydrogens (tertiary/aromatic N) is 2. The Kier molecular flexibility index (Phi) is 4.33. The third-order valence-corrected chi connectivity index (χ3v) is 2.58. The minimum atomic E-state index is 0.154. The minimum absolute atomic E-state index is 0.154.